The molecule has 1 saturated heterocycles. The predicted octanol–water partition coefficient (Wildman–Crippen LogP) is 0.0675. The fourth-order valence-corrected chi connectivity index (χ4v) is 2.86. The maximum Gasteiger partial charge on any atom is 0.261 e. The van der Waals surface area contributed by atoms with Gasteiger partial charge in [0.05, 0.1) is 11.1 Å². The van der Waals surface area contributed by atoms with Crippen molar-refractivity contribution in [1.82, 2.24) is 15.5 Å². The number of hydrogen-bond acceptors (Lipinski definition) is 4. The van der Waals surface area contributed by atoms with E-state index >= 15 is 0 Å². The fourth-order valence-electron chi connectivity index (χ4n) is 2.86. The summed E-state index contributed by atoms with van der Waals surface area (Å²) in [7, 11) is 0. The van der Waals surface area contributed by atoms with Crippen LogP contribution in [-0.2, 0) is 9.59 Å². The maximum atomic E-state index is 12.2. The summed E-state index contributed by atoms with van der Waals surface area (Å²) in [4.78, 5) is 48.7. The lowest BCUT2D eigenvalue weighted by atomic mass is 10.0. The van der Waals surface area contributed by atoms with Gasteiger partial charge >= 0.3 is 0 Å². The molecule has 1 fully saturated rings. The van der Waals surface area contributed by atoms with E-state index in [0.29, 0.717) is 30.4 Å². The number of rotatable bonds is 4. The third-order valence-corrected chi connectivity index (χ3v) is 4.06. The van der Waals surface area contributed by atoms with Crippen molar-refractivity contribution < 1.29 is 19.2 Å². The Morgan fingerprint density at radius 1 is 1.17 bits per heavy atom. The van der Waals surface area contributed by atoms with E-state index < -0.39 is 6.04 Å². The van der Waals surface area contributed by atoms with Crippen molar-refractivity contribution in [3.8, 4) is 0 Å². The lowest BCUT2D eigenvalue weighted by Gasteiger charge is -2.23. The smallest absolute Gasteiger partial charge is 0.261 e. The minimum atomic E-state index is -0.529. The lowest BCUT2D eigenvalue weighted by Crippen LogP contribution is -2.50. The molecule has 7 nitrogen and oxygen atoms in total. The van der Waals surface area contributed by atoms with Crippen LogP contribution in [0.15, 0.2) is 24.3 Å². The van der Waals surface area contributed by atoms with E-state index in [1.807, 2.05) is 0 Å². The number of carbonyl (C=O) groups excluding carboxylic acids is 4. The fraction of sp³-hybridized carbons (Fsp3) is 0.375. The van der Waals surface area contributed by atoms with E-state index in [1.54, 1.807) is 24.3 Å². The normalized spacial score (nSPS) is 20.3. The highest BCUT2D eigenvalue weighted by Crippen LogP contribution is 2.21. The van der Waals surface area contributed by atoms with Crippen molar-refractivity contribution in [2.24, 2.45) is 0 Å². The predicted molar refractivity (Wildman–Crippen MR) is 80.6 cm³/mol. The number of nitrogens with one attached hydrogen (secondary N) is 2. The van der Waals surface area contributed by atoms with Crippen LogP contribution in [0.2, 0.25) is 0 Å². The number of hydrogen-bond donors (Lipinski definition) is 2. The Kier molecular flexibility index (Phi) is 4.10. The number of amides is 4. The van der Waals surface area contributed by atoms with Gasteiger partial charge in [-0.1, -0.05) is 12.1 Å². The van der Waals surface area contributed by atoms with Crippen LogP contribution in [0.1, 0.15) is 40.0 Å². The van der Waals surface area contributed by atoms with Gasteiger partial charge in [0.2, 0.25) is 11.8 Å². The standard InChI is InChI=1S/C16H17N3O4/c20-13-7-3-6-12(18-13)14(21)17-8-9-19-15(22)10-4-1-2-5-11(10)16(19)23/h1-2,4-5,12H,3,6-9H2,(H,17,21)(H,18,20)/t12-/m1/s1. The highest BCUT2D eigenvalue weighted by atomic mass is 16.2. The largest absolute Gasteiger partial charge is 0.353 e. The van der Waals surface area contributed by atoms with Crippen molar-refractivity contribution in [3.05, 3.63) is 35.4 Å². The quantitative estimate of drug-likeness (QED) is 0.769. The lowest BCUT2D eigenvalue weighted by molar-refractivity contribution is -0.130. The van der Waals surface area contributed by atoms with Gasteiger partial charge in [-0.25, -0.2) is 0 Å². The first-order chi connectivity index (χ1) is 11.1. The molecule has 4 amide bonds. The number of fused-ring (bicyclic) bond motifs is 1. The average molecular weight is 315 g/mol. The SMILES string of the molecule is O=C1CCC[C@H](C(=O)NCCN2C(=O)c3ccccc3C2=O)N1. The summed E-state index contributed by atoms with van der Waals surface area (Å²) >= 11 is 0. The van der Waals surface area contributed by atoms with E-state index in [2.05, 4.69) is 10.6 Å². The molecule has 0 unspecified atom stereocenters. The van der Waals surface area contributed by atoms with Gasteiger partial charge in [0.1, 0.15) is 6.04 Å². The second-order valence-electron chi connectivity index (χ2n) is 5.61. The molecule has 23 heavy (non-hydrogen) atoms. The molecule has 0 spiro atoms. The van der Waals surface area contributed by atoms with Crippen LogP contribution in [0.3, 0.4) is 0 Å². The summed E-state index contributed by atoms with van der Waals surface area (Å²) in [6.07, 6.45) is 1.73. The molecule has 0 aromatic heterocycles. The van der Waals surface area contributed by atoms with E-state index in [1.165, 1.54) is 0 Å². The molecule has 1 aromatic rings. The summed E-state index contributed by atoms with van der Waals surface area (Å²) in [5.74, 6) is -1.09. The Morgan fingerprint density at radius 3 is 2.43 bits per heavy atom. The molecule has 2 heterocycles. The van der Waals surface area contributed by atoms with Gasteiger partial charge in [-0.3, -0.25) is 24.1 Å². The highest BCUT2D eigenvalue weighted by molar-refractivity contribution is 6.21. The van der Waals surface area contributed by atoms with Gasteiger partial charge in [0.15, 0.2) is 0 Å². The number of carbonyl (C=O) groups is 4. The second-order valence-corrected chi connectivity index (χ2v) is 5.61. The Balaban J connectivity index is 1.54. The number of benzene rings is 1. The van der Waals surface area contributed by atoms with Crippen molar-refractivity contribution in [3.63, 3.8) is 0 Å². The third-order valence-electron chi connectivity index (χ3n) is 4.06. The molecule has 0 radical (unpaired) electrons. The Bertz CT molecular complexity index is 651. The van der Waals surface area contributed by atoms with Crippen LogP contribution < -0.4 is 10.6 Å². The minimum Gasteiger partial charge on any atom is -0.353 e. The van der Waals surface area contributed by atoms with Crippen LogP contribution >= 0.6 is 0 Å². The molecular weight excluding hydrogens is 298 g/mol. The summed E-state index contributed by atoms with van der Waals surface area (Å²) < 4.78 is 0. The average Bonchev–Trinajstić information content (AvgIpc) is 2.80. The number of imide groups is 1. The van der Waals surface area contributed by atoms with Crippen LogP contribution in [0.25, 0.3) is 0 Å². The highest BCUT2D eigenvalue weighted by Gasteiger charge is 2.34. The molecule has 2 aliphatic rings. The molecule has 2 aliphatic heterocycles. The monoisotopic (exact) mass is 315 g/mol. The molecular formula is C16H17N3O4. The zero-order valence-corrected chi connectivity index (χ0v) is 12.5. The van der Waals surface area contributed by atoms with E-state index in [4.69, 9.17) is 0 Å². The van der Waals surface area contributed by atoms with Crippen molar-refractivity contribution in [1.29, 1.82) is 0 Å². The Labute approximate surface area is 133 Å². The molecule has 3 rings (SSSR count). The first-order valence-corrected chi connectivity index (χ1v) is 7.60. The van der Waals surface area contributed by atoms with Crippen molar-refractivity contribution in [2.75, 3.05) is 13.1 Å². The van der Waals surface area contributed by atoms with Gasteiger partial charge in [-0.05, 0) is 25.0 Å². The molecule has 1 atom stereocenters. The zero-order valence-electron chi connectivity index (χ0n) is 12.5. The Hall–Kier alpha value is -2.70. The van der Waals surface area contributed by atoms with E-state index in [9.17, 15) is 19.2 Å². The Morgan fingerprint density at radius 2 is 1.83 bits per heavy atom. The van der Waals surface area contributed by atoms with Crippen LogP contribution in [0, 0.1) is 0 Å². The van der Waals surface area contributed by atoms with Gasteiger partial charge in [-0.2, -0.15) is 0 Å². The third kappa shape index (κ3) is 2.94. The van der Waals surface area contributed by atoms with Gasteiger partial charge < -0.3 is 10.6 Å². The van der Waals surface area contributed by atoms with Crippen LogP contribution in [0.5, 0.6) is 0 Å². The number of nitrogens with zero attached hydrogens (tertiary/aromatic N) is 1. The van der Waals surface area contributed by atoms with Gasteiger partial charge in [0, 0.05) is 19.5 Å². The maximum absolute atomic E-state index is 12.2. The van der Waals surface area contributed by atoms with E-state index in [0.717, 1.165) is 4.90 Å². The molecule has 7 heteroatoms. The number of piperidine rings is 1. The molecule has 120 valence electrons. The molecule has 0 saturated carbocycles. The van der Waals surface area contributed by atoms with Crippen LogP contribution in [0.4, 0.5) is 0 Å². The summed E-state index contributed by atoms with van der Waals surface area (Å²) in [5.41, 5.74) is 0.784. The summed E-state index contributed by atoms with van der Waals surface area (Å²) in [5, 5.41) is 5.30. The zero-order chi connectivity index (χ0) is 16.4. The molecule has 1 aromatic carbocycles. The minimum absolute atomic E-state index is 0.110. The first kappa shape index (κ1) is 15.2. The molecule has 0 aliphatic carbocycles. The topological polar surface area (TPSA) is 95.6 Å². The van der Waals surface area contributed by atoms with Crippen molar-refractivity contribution in [2.45, 2.75) is 25.3 Å². The van der Waals surface area contributed by atoms with Crippen LogP contribution in [-0.4, -0.2) is 47.7 Å². The second kappa shape index (κ2) is 6.20. The molecule has 2 N–H and O–H groups in total. The van der Waals surface area contributed by atoms with Gasteiger partial charge in [-0.15, -0.1) is 0 Å². The van der Waals surface area contributed by atoms with Gasteiger partial charge in [0.25, 0.3) is 11.8 Å². The van der Waals surface area contributed by atoms with E-state index in [-0.39, 0.29) is 36.7 Å². The molecule has 0 bridgehead atoms. The van der Waals surface area contributed by atoms with Crippen molar-refractivity contribution >= 4 is 23.6 Å². The summed E-state index contributed by atoms with van der Waals surface area (Å²) in [6, 6.07) is 6.12. The first-order valence-electron chi connectivity index (χ1n) is 7.60. The summed E-state index contributed by atoms with van der Waals surface area (Å²) in [6.45, 7) is 0.273.